The van der Waals surface area contributed by atoms with Crippen molar-refractivity contribution >= 4 is 38.6 Å². The van der Waals surface area contributed by atoms with Gasteiger partial charge in [-0.1, -0.05) is 52.7 Å². The maximum atomic E-state index is 13.2. The fourth-order valence-electron chi connectivity index (χ4n) is 2.75. The number of hydrogen-bond acceptors (Lipinski definition) is 6. The van der Waals surface area contributed by atoms with E-state index in [9.17, 15) is 8.42 Å². The monoisotopic (exact) mass is 445 g/mol. The molecule has 0 radical (unpaired) electrons. The van der Waals surface area contributed by atoms with E-state index in [2.05, 4.69) is 10.1 Å². The normalized spacial score (nSPS) is 11.6. The Labute approximate surface area is 177 Å². The van der Waals surface area contributed by atoms with Crippen molar-refractivity contribution in [1.29, 1.82) is 0 Å². The van der Waals surface area contributed by atoms with Crippen LogP contribution in [0.4, 0.5) is 5.69 Å². The van der Waals surface area contributed by atoms with Gasteiger partial charge in [-0.25, -0.2) is 8.42 Å². The van der Waals surface area contributed by atoms with Crippen LogP contribution in [0.3, 0.4) is 0 Å². The third-order valence-corrected chi connectivity index (χ3v) is 7.46. The van der Waals surface area contributed by atoms with Crippen molar-refractivity contribution in [3.63, 3.8) is 0 Å². The zero-order chi connectivity index (χ0) is 20.6. The number of thiophene rings is 1. The van der Waals surface area contributed by atoms with Crippen LogP contribution in [0.5, 0.6) is 0 Å². The third kappa shape index (κ3) is 3.78. The highest BCUT2D eigenvalue weighted by molar-refractivity contribution is 7.93. The quantitative estimate of drug-likeness (QED) is 0.419. The Morgan fingerprint density at radius 3 is 2.59 bits per heavy atom. The molecular formula is C20H16ClN3O3S2. The van der Waals surface area contributed by atoms with Gasteiger partial charge in [0.25, 0.3) is 15.9 Å². The summed E-state index contributed by atoms with van der Waals surface area (Å²) in [5.74, 6) is 0.564. The number of hydrogen-bond donors (Lipinski definition) is 0. The van der Waals surface area contributed by atoms with Crippen LogP contribution < -0.4 is 4.31 Å². The van der Waals surface area contributed by atoms with Gasteiger partial charge in [-0.3, -0.25) is 4.31 Å². The van der Waals surface area contributed by atoms with Gasteiger partial charge in [0.15, 0.2) is 0 Å². The van der Waals surface area contributed by atoms with Crippen LogP contribution in [0.1, 0.15) is 5.56 Å². The van der Waals surface area contributed by atoms with Gasteiger partial charge in [-0.2, -0.15) is 4.98 Å². The van der Waals surface area contributed by atoms with Crippen LogP contribution in [0.15, 0.2) is 69.4 Å². The smallest absolute Gasteiger partial charge is 0.269 e. The number of sulfonamides is 1. The van der Waals surface area contributed by atoms with E-state index >= 15 is 0 Å². The molecule has 4 rings (SSSR count). The molecule has 0 bridgehead atoms. The van der Waals surface area contributed by atoms with Crippen LogP contribution in [-0.2, 0) is 10.0 Å². The Hall–Kier alpha value is -2.68. The van der Waals surface area contributed by atoms with Crippen LogP contribution in [0.25, 0.3) is 22.2 Å². The molecule has 0 N–H and O–H groups in total. The number of aryl methyl sites for hydroxylation is 1. The van der Waals surface area contributed by atoms with Gasteiger partial charge < -0.3 is 4.52 Å². The Bertz CT molecular complexity index is 1260. The van der Waals surface area contributed by atoms with Gasteiger partial charge >= 0.3 is 0 Å². The van der Waals surface area contributed by atoms with Gasteiger partial charge in [-0.15, -0.1) is 11.3 Å². The van der Waals surface area contributed by atoms with Crippen molar-refractivity contribution in [3.05, 3.63) is 70.6 Å². The van der Waals surface area contributed by atoms with Crippen molar-refractivity contribution in [2.75, 3.05) is 11.4 Å². The summed E-state index contributed by atoms with van der Waals surface area (Å²) in [5.41, 5.74) is 2.37. The van der Waals surface area contributed by atoms with E-state index in [1.807, 2.05) is 31.2 Å². The molecule has 0 aliphatic carbocycles. The minimum Gasteiger partial charge on any atom is -0.333 e. The lowest BCUT2D eigenvalue weighted by Crippen LogP contribution is -2.26. The lowest BCUT2D eigenvalue weighted by atomic mass is 10.1. The van der Waals surface area contributed by atoms with Gasteiger partial charge in [0.1, 0.15) is 9.77 Å². The first-order valence-corrected chi connectivity index (χ1v) is 11.3. The first kappa shape index (κ1) is 19.6. The predicted octanol–water partition coefficient (Wildman–Crippen LogP) is 5.25. The van der Waals surface area contributed by atoms with E-state index in [1.54, 1.807) is 29.6 Å². The molecule has 0 saturated carbocycles. The Morgan fingerprint density at radius 1 is 1.10 bits per heavy atom. The molecule has 29 heavy (non-hydrogen) atoms. The second kappa shape index (κ2) is 7.62. The summed E-state index contributed by atoms with van der Waals surface area (Å²) >= 11 is 7.24. The van der Waals surface area contributed by atoms with E-state index in [0.29, 0.717) is 21.4 Å². The average molecular weight is 446 g/mol. The number of aromatic nitrogens is 2. The van der Waals surface area contributed by atoms with Crippen molar-refractivity contribution in [2.24, 2.45) is 0 Å². The molecule has 2 aromatic heterocycles. The largest absolute Gasteiger partial charge is 0.333 e. The van der Waals surface area contributed by atoms with E-state index in [1.165, 1.54) is 28.8 Å². The lowest BCUT2D eigenvalue weighted by molar-refractivity contribution is 0.432. The molecule has 2 aromatic carbocycles. The zero-order valence-corrected chi connectivity index (χ0v) is 17.9. The minimum atomic E-state index is -3.85. The highest BCUT2D eigenvalue weighted by atomic mass is 35.5. The summed E-state index contributed by atoms with van der Waals surface area (Å²) in [6.07, 6.45) is 0. The molecule has 148 valence electrons. The van der Waals surface area contributed by atoms with Crippen LogP contribution in [0.2, 0.25) is 5.02 Å². The summed E-state index contributed by atoms with van der Waals surface area (Å²) in [4.78, 5) is 4.90. The maximum absolute atomic E-state index is 13.2. The van der Waals surface area contributed by atoms with Crippen molar-refractivity contribution in [1.82, 2.24) is 10.1 Å². The van der Waals surface area contributed by atoms with Gasteiger partial charge in [0, 0.05) is 17.6 Å². The molecule has 0 spiro atoms. The second-order valence-corrected chi connectivity index (χ2v) is 9.65. The second-order valence-electron chi connectivity index (χ2n) is 6.36. The lowest BCUT2D eigenvalue weighted by Gasteiger charge is -2.19. The molecule has 0 atom stereocenters. The summed E-state index contributed by atoms with van der Waals surface area (Å²) in [5, 5.41) is 6.14. The maximum Gasteiger partial charge on any atom is 0.269 e. The molecule has 0 aliphatic heterocycles. The first-order chi connectivity index (χ1) is 13.9. The average Bonchev–Trinajstić information content (AvgIpc) is 3.37. The van der Waals surface area contributed by atoms with Crippen LogP contribution in [0, 0.1) is 6.92 Å². The predicted molar refractivity (Wildman–Crippen MR) is 115 cm³/mol. The van der Waals surface area contributed by atoms with E-state index < -0.39 is 10.0 Å². The number of nitrogens with zero attached hydrogens (tertiary/aromatic N) is 3. The molecule has 4 aromatic rings. The van der Waals surface area contributed by atoms with Crippen molar-refractivity contribution < 1.29 is 12.9 Å². The SMILES string of the molecule is Cc1ccc(-c2noc(-c3sccc3S(=O)(=O)N(C)c3cccc(Cl)c3)n2)cc1. The summed E-state index contributed by atoms with van der Waals surface area (Å²) in [7, 11) is -2.37. The zero-order valence-electron chi connectivity index (χ0n) is 15.5. The summed E-state index contributed by atoms with van der Waals surface area (Å²) < 4.78 is 33.0. The van der Waals surface area contributed by atoms with Crippen molar-refractivity contribution in [3.8, 4) is 22.2 Å². The summed E-state index contributed by atoms with van der Waals surface area (Å²) in [6.45, 7) is 1.99. The molecule has 0 amide bonds. The molecule has 9 heteroatoms. The van der Waals surface area contributed by atoms with Crippen molar-refractivity contribution in [2.45, 2.75) is 11.8 Å². The Balaban J connectivity index is 1.71. The molecule has 2 heterocycles. The topological polar surface area (TPSA) is 76.3 Å². The molecule has 0 saturated heterocycles. The Morgan fingerprint density at radius 2 is 1.86 bits per heavy atom. The highest BCUT2D eigenvalue weighted by Crippen LogP contribution is 2.35. The van der Waals surface area contributed by atoms with Gasteiger partial charge in [0.2, 0.25) is 5.82 Å². The minimum absolute atomic E-state index is 0.101. The molecule has 6 nitrogen and oxygen atoms in total. The highest BCUT2D eigenvalue weighted by Gasteiger charge is 2.28. The molecule has 0 aliphatic rings. The van der Waals surface area contributed by atoms with E-state index in [-0.39, 0.29) is 10.8 Å². The van der Waals surface area contributed by atoms with E-state index in [0.717, 1.165) is 11.1 Å². The summed E-state index contributed by atoms with van der Waals surface area (Å²) in [6, 6.07) is 15.9. The number of halogens is 1. The Kier molecular flexibility index (Phi) is 5.16. The molecule has 0 unspecified atom stereocenters. The van der Waals surface area contributed by atoms with E-state index in [4.69, 9.17) is 16.1 Å². The van der Waals surface area contributed by atoms with Gasteiger partial charge in [0.05, 0.1) is 5.69 Å². The fourth-order valence-corrected chi connectivity index (χ4v) is 5.44. The molecule has 0 fully saturated rings. The van der Waals surface area contributed by atoms with Crippen LogP contribution in [-0.4, -0.2) is 25.6 Å². The van der Waals surface area contributed by atoms with Gasteiger partial charge in [-0.05, 0) is 36.6 Å². The third-order valence-electron chi connectivity index (χ3n) is 4.37. The number of anilines is 1. The number of benzene rings is 2. The van der Waals surface area contributed by atoms with Crippen LogP contribution >= 0.6 is 22.9 Å². The molecular weight excluding hydrogens is 430 g/mol. The number of rotatable bonds is 5. The first-order valence-electron chi connectivity index (χ1n) is 8.59. The standard InChI is InChI=1S/C20H16ClN3O3S2/c1-13-6-8-14(9-7-13)19-22-20(27-23-19)18-17(10-11-28-18)29(25,26)24(2)16-5-3-4-15(21)12-16/h3-12H,1-2H3. The fraction of sp³-hybridized carbons (Fsp3) is 0.100.